The molecule has 2 aromatic carbocycles. The van der Waals surface area contributed by atoms with Crippen LogP contribution < -0.4 is 14.8 Å². The van der Waals surface area contributed by atoms with Gasteiger partial charge in [0.2, 0.25) is 0 Å². The van der Waals surface area contributed by atoms with Crippen molar-refractivity contribution in [3.63, 3.8) is 0 Å². The molecule has 4 rings (SSSR count). The van der Waals surface area contributed by atoms with E-state index in [1.165, 1.54) is 0 Å². The lowest BCUT2D eigenvalue weighted by molar-refractivity contribution is 0.0942. The van der Waals surface area contributed by atoms with Crippen LogP contribution in [0.25, 0.3) is 11.3 Å². The first kappa shape index (κ1) is 20.2. The molecule has 0 saturated carbocycles. The fraction of sp³-hybridized carbons (Fsp3) is 0.125. The number of carbonyl (C=O) groups is 1. The number of carbonyl (C=O) groups excluding carboxylic acids is 1. The van der Waals surface area contributed by atoms with E-state index in [4.69, 9.17) is 14.0 Å². The highest BCUT2D eigenvalue weighted by molar-refractivity contribution is 5.93. The molecule has 1 amide bonds. The molecule has 1 N–H and O–H groups in total. The second kappa shape index (κ2) is 9.58. The highest BCUT2D eigenvalue weighted by atomic mass is 16.5. The summed E-state index contributed by atoms with van der Waals surface area (Å²) in [5.41, 5.74) is 2.68. The second-order valence-corrected chi connectivity index (χ2v) is 6.72. The van der Waals surface area contributed by atoms with Gasteiger partial charge in [-0.3, -0.25) is 9.78 Å². The second-order valence-electron chi connectivity index (χ2n) is 6.72. The molecule has 7 nitrogen and oxygen atoms in total. The van der Waals surface area contributed by atoms with Crippen molar-refractivity contribution in [2.24, 2.45) is 0 Å². The lowest BCUT2D eigenvalue weighted by Crippen LogP contribution is -2.23. The summed E-state index contributed by atoms with van der Waals surface area (Å²) < 4.78 is 16.5. The molecule has 0 aliphatic rings. The van der Waals surface area contributed by atoms with Gasteiger partial charge in [0.05, 0.1) is 18.4 Å². The van der Waals surface area contributed by atoms with Gasteiger partial charge < -0.3 is 19.3 Å². The van der Waals surface area contributed by atoms with Crippen LogP contribution in [0, 0.1) is 0 Å². The molecule has 2 heterocycles. The maximum absolute atomic E-state index is 12.5. The van der Waals surface area contributed by atoms with Crippen LogP contribution in [-0.4, -0.2) is 23.2 Å². The minimum absolute atomic E-state index is 0.198. The van der Waals surface area contributed by atoms with E-state index in [1.54, 1.807) is 19.4 Å². The van der Waals surface area contributed by atoms with Gasteiger partial charge in [0.1, 0.15) is 18.1 Å². The van der Waals surface area contributed by atoms with E-state index >= 15 is 0 Å². The van der Waals surface area contributed by atoms with Crippen molar-refractivity contribution >= 4 is 5.91 Å². The maximum atomic E-state index is 12.5. The number of rotatable bonds is 8. The molecule has 156 valence electrons. The fourth-order valence-corrected chi connectivity index (χ4v) is 3.02. The van der Waals surface area contributed by atoms with Gasteiger partial charge in [-0.1, -0.05) is 35.5 Å². The minimum atomic E-state index is -0.329. The third-order valence-corrected chi connectivity index (χ3v) is 4.58. The number of benzene rings is 2. The number of nitrogens with zero attached hydrogens (tertiary/aromatic N) is 2. The molecular formula is C24H21N3O4. The number of amides is 1. The van der Waals surface area contributed by atoms with Gasteiger partial charge in [-0.15, -0.1) is 0 Å². The summed E-state index contributed by atoms with van der Waals surface area (Å²) in [5.74, 6) is 1.49. The van der Waals surface area contributed by atoms with E-state index in [-0.39, 0.29) is 11.6 Å². The molecule has 0 saturated heterocycles. The van der Waals surface area contributed by atoms with E-state index in [2.05, 4.69) is 15.5 Å². The molecule has 7 heteroatoms. The van der Waals surface area contributed by atoms with Crippen molar-refractivity contribution in [2.45, 2.75) is 13.2 Å². The molecule has 4 aromatic rings. The molecule has 0 aliphatic heterocycles. The number of aromatic nitrogens is 2. The number of hydrogen-bond donors (Lipinski definition) is 1. The predicted molar refractivity (Wildman–Crippen MR) is 115 cm³/mol. The Labute approximate surface area is 179 Å². The summed E-state index contributed by atoms with van der Waals surface area (Å²) in [6.45, 7) is 0.706. The number of methoxy groups -OCH3 is 1. The summed E-state index contributed by atoms with van der Waals surface area (Å²) in [6.07, 6.45) is 1.73. The van der Waals surface area contributed by atoms with Gasteiger partial charge in [0, 0.05) is 18.8 Å². The van der Waals surface area contributed by atoms with E-state index in [9.17, 15) is 4.79 Å². The van der Waals surface area contributed by atoms with Crippen molar-refractivity contribution < 1.29 is 18.8 Å². The van der Waals surface area contributed by atoms with Gasteiger partial charge in [-0.2, -0.15) is 0 Å². The summed E-state index contributed by atoms with van der Waals surface area (Å²) in [7, 11) is 1.58. The minimum Gasteiger partial charge on any atom is -0.496 e. The average Bonchev–Trinajstić information content (AvgIpc) is 3.32. The first-order valence-electron chi connectivity index (χ1n) is 9.73. The lowest BCUT2D eigenvalue weighted by Gasteiger charge is -2.08. The van der Waals surface area contributed by atoms with E-state index in [0.29, 0.717) is 30.4 Å². The van der Waals surface area contributed by atoms with Crippen molar-refractivity contribution in [2.75, 3.05) is 7.11 Å². The molecule has 0 spiro atoms. The fourth-order valence-electron chi connectivity index (χ4n) is 3.02. The van der Waals surface area contributed by atoms with Crippen molar-refractivity contribution in [3.8, 4) is 22.8 Å². The number of ether oxygens (including phenoxy) is 2. The van der Waals surface area contributed by atoms with Crippen LogP contribution in [0.15, 0.2) is 83.5 Å². The average molecular weight is 415 g/mol. The Kier molecular flexibility index (Phi) is 6.23. The van der Waals surface area contributed by atoms with Crippen LogP contribution in [0.1, 0.15) is 21.7 Å². The Balaban J connectivity index is 1.36. The van der Waals surface area contributed by atoms with Crippen molar-refractivity contribution in [1.82, 2.24) is 15.5 Å². The van der Waals surface area contributed by atoms with E-state index in [1.807, 2.05) is 66.7 Å². The zero-order valence-electron chi connectivity index (χ0n) is 16.9. The maximum Gasteiger partial charge on any atom is 0.273 e. The third kappa shape index (κ3) is 5.08. The number of pyridine rings is 1. The van der Waals surface area contributed by atoms with E-state index < -0.39 is 0 Å². The zero-order chi connectivity index (χ0) is 21.5. The van der Waals surface area contributed by atoms with Gasteiger partial charge in [-0.25, -0.2) is 0 Å². The molecule has 0 bridgehead atoms. The van der Waals surface area contributed by atoms with Crippen molar-refractivity contribution in [3.05, 3.63) is 95.9 Å². The lowest BCUT2D eigenvalue weighted by atomic mass is 10.1. The Hall–Kier alpha value is -4.13. The Morgan fingerprint density at radius 3 is 2.74 bits per heavy atom. The highest BCUT2D eigenvalue weighted by Crippen LogP contribution is 2.29. The summed E-state index contributed by atoms with van der Waals surface area (Å²) in [6, 6.07) is 22.2. The van der Waals surface area contributed by atoms with Crippen LogP contribution in [-0.2, 0) is 13.2 Å². The predicted octanol–water partition coefficient (Wildman–Crippen LogP) is 4.25. The summed E-state index contributed by atoms with van der Waals surface area (Å²) >= 11 is 0. The Bertz CT molecular complexity index is 1160. The Morgan fingerprint density at radius 1 is 1.03 bits per heavy atom. The van der Waals surface area contributed by atoms with Crippen LogP contribution in [0.3, 0.4) is 0 Å². The quantitative estimate of drug-likeness (QED) is 0.463. The first-order valence-corrected chi connectivity index (χ1v) is 9.73. The van der Waals surface area contributed by atoms with Crippen LogP contribution in [0.4, 0.5) is 0 Å². The molecule has 0 atom stereocenters. The normalized spacial score (nSPS) is 10.5. The number of nitrogens with one attached hydrogen (secondary N) is 1. The van der Waals surface area contributed by atoms with Crippen molar-refractivity contribution in [1.29, 1.82) is 0 Å². The van der Waals surface area contributed by atoms with Crippen LogP contribution in [0.2, 0.25) is 0 Å². The molecule has 0 aliphatic carbocycles. The standard InChI is InChI=1S/C24H21N3O4/c1-29-22-11-3-2-10-20(22)23-14-21(27-31-23)24(28)26-15-17-7-6-9-19(13-17)30-16-18-8-4-5-12-25-18/h2-14H,15-16H2,1H3,(H,26,28). The molecular weight excluding hydrogens is 394 g/mol. The van der Waals surface area contributed by atoms with Gasteiger partial charge in [0.15, 0.2) is 11.5 Å². The molecule has 0 radical (unpaired) electrons. The van der Waals surface area contributed by atoms with Crippen LogP contribution in [0.5, 0.6) is 11.5 Å². The number of hydrogen-bond acceptors (Lipinski definition) is 6. The molecule has 2 aromatic heterocycles. The largest absolute Gasteiger partial charge is 0.496 e. The van der Waals surface area contributed by atoms with Gasteiger partial charge >= 0.3 is 0 Å². The number of para-hydroxylation sites is 1. The van der Waals surface area contributed by atoms with Crippen LogP contribution >= 0.6 is 0 Å². The first-order chi connectivity index (χ1) is 15.2. The topological polar surface area (TPSA) is 86.5 Å². The highest BCUT2D eigenvalue weighted by Gasteiger charge is 2.16. The molecule has 0 unspecified atom stereocenters. The SMILES string of the molecule is COc1ccccc1-c1cc(C(=O)NCc2cccc(OCc3ccccn3)c2)no1. The Morgan fingerprint density at radius 2 is 1.90 bits per heavy atom. The third-order valence-electron chi connectivity index (χ3n) is 4.58. The van der Waals surface area contributed by atoms with Gasteiger partial charge in [-0.05, 0) is 42.0 Å². The molecule has 0 fully saturated rings. The summed E-state index contributed by atoms with van der Waals surface area (Å²) in [4.78, 5) is 16.7. The zero-order valence-corrected chi connectivity index (χ0v) is 16.9. The van der Waals surface area contributed by atoms with Gasteiger partial charge in [0.25, 0.3) is 5.91 Å². The van der Waals surface area contributed by atoms with E-state index in [0.717, 1.165) is 16.8 Å². The summed E-state index contributed by atoms with van der Waals surface area (Å²) in [5, 5.41) is 6.74. The monoisotopic (exact) mass is 415 g/mol. The smallest absolute Gasteiger partial charge is 0.273 e. The molecule has 31 heavy (non-hydrogen) atoms.